The number of carbonyl (C=O) groups excluding carboxylic acids is 2. The molecule has 2 aromatic heterocycles. The fraction of sp³-hybridized carbons (Fsp3) is 0.226. The van der Waals surface area contributed by atoms with E-state index in [-0.39, 0.29) is 31.5 Å². The van der Waals surface area contributed by atoms with Gasteiger partial charge in [-0.25, -0.2) is 4.79 Å². The van der Waals surface area contributed by atoms with E-state index < -0.39 is 11.6 Å². The number of hydrogen-bond donors (Lipinski definition) is 4. The molecule has 8 heteroatoms. The van der Waals surface area contributed by atoms with Crippen molar-refractivity contribution in [2.24, 2.45) is 0 Å². The predicted molar refractivity (Wildman–Crippen MR) is 151 cm³/mol. The third-order valence-electron chi connectivity index (χ3n) is 6.89. The van der Waals surface area contributed by atoms with Gasteiger partial charge in [-0.3, -0.25) is 4.79 Å². The maximum Gasteiger partial charge on any atom is 0.316 e. The zero-order chi connectivity index (χ0) is 27.2. The summed E-state index contributed by atoms with van der Waals surface area (Å²) >= 11 is 0. The highest BCUT2D eigenvalue weighted by atomic mass is 16.5. The highest BCUT2D eigenvalue weighted by molar-refractivity contribution is 5.93. The zero-order valence-electron chi connectivity index (χ0n) is 22.0. The highest BCUT2D eigenvalue weighted by Gasteiger charge is 2.41. The third-order valence-corrected chi connectivity index (χ3v) is 6.89. The number of furan rings is 1. The smallest absolute Gasteiger partial charge is 0.316 e. The van der Waals surface area contributed by atoms with Crippen LogP contribution in [0.15, 0.2) is 95.5 Å². The lowest BCUT2D eigenvalue weighted by molar-refractivity contribution is -0.130. The van der Waals surface area contributed by atoms with Gasteiger partial charge in [0.05, 0.1) is 19.2 Å². The van der Waals surface area contributed by atoms with E-state index in [0.29, 0.717) is 5.76 Å². The number of aromatic amines is 1. The molecule has 5 aromatic rings. The number of fused-ring (bicyclic) bond motifs is 2. The van der Waals surface area contributed by atoms with Gasteiger partial charge in [0.2, 0.25) is 5.91 Å². The summed E-state index contributed by atoms with van der Waals surface area (Å²) < 4.78 is 11.4. The average molecular weight is 525 g/mol. The van der Waals surface area contributed by atoms with Gasteiger partial charge in [0.25, 0.3) is 0 Å². The lowest BCUT2D eigenvalue weighted by Crippen LogP contribution is -2.64. The van der Waals surface area contributed by atoms with Gasteiger partial charge in [-0.15, -0.1) is 0 Å². The molecule has 0 saturated carbocycles. The number of urea groups is 1. The topological polar surface area (TPSA) is 108 Å². The Morgan fingerprint density at radius 3 is 2.54 bits per heavy atom. The Morgan fingerprint density at radius 2 is 1.74 bits per heavy atom. The Bertz CT molecular complexity index is 1540. The van der Waals surface area contributed by atoms with Crippen LogP contribution < -0.4 is 16.0 Å². The van der Waals surface area contributed by atoms with E-state index in [1.807, 2.05) is 98.0 Å². The molecule has 3 amide bonds. The highest BCUT2D eigenvalue weighted by Crippen LogP contribution is 2.25. The van der Waals surface area contributed by atoms with Crippen LogP contribution in [0.25, 0.3) is 21.9 Å². The minimum Gasteiger partial charge on any atom is -0.459 e. The van der Waals surface area contributed by atoms with Crippen molar-refractivity contribution in [2.45, 2.75) is 31.5 Å². The van der Waals surface area contributed by atoms with Crippen molar-refractivity contribution < 1.29 is 18.7 Å². The largest absolute Gasteiger partial charge is 0.459 e. The lowest BCUT2D eigenvalue weighted by Gasteiger charge is -2.34. The van der Waals surface area contributed by atoms with Gasteiger partial charge in [-0.1, -0.05) is 66.7 Å². The Hall–Kier alpha value is -4.56. The van der Waals surface area contributed by atoms with Crippen LogP contribution in [0.4, 0.5) is 4.79 Å². The molecule has 4 N–H and O–H groups in total. The van der Waals surface area contributed by atoms with Gasteiger partial charge in [0.15, 0.2) is 0 Å². The minimum atomic E-state index is -1.39. The number of aromatic nitrogens is 1. The molecule has 0 aliphatic carbocycles. The van der Waals surface area contributed by atoms with Gasteiger partial charge in [0, 0.05) is 36.0 Å². The first-order valence-corrected chi connectivity index (χ1v) is 12.9. The van der Waals surface area contributed by atoms with E-state index >= 15 is 0 Å². The molecule has 8 nitrogen and oxygen atoms in total. The van der Waals surface area contributed by atoms with Crippen LogP contribution in [0.1, 0.15) is 29.9 Å². The number of ether oxygens (including phenoxy) is 1. The Morgan fingerprint density at radius 1 is 1.00 bits per heavy atom. The number of nitrogens with one attached hydrogen (secondary N) is 4. The standard InChI is InChI=1S/C31H32N4O4/c1-21(22-10-4-3-5-11-22)34-29(36)31(20-38-2,17-24-18-32-27-14-8-7-13-26(24)27)35-30(37)33-19-25-16-23-12-6-9-15-28(23)39-25/h3-16,18,21,32H,17,19-20H2,1-2H3,(H,34,36)(H2,33,35,37). The molecule has 2 heterocycles. The van der Waals surface area contributed by atoms with Crippen LogP contribution in [0, 0.1) is 0 Å². The zero-order valence-corrected chi connectivity index (χ0v) is 22.0. The molecule has 0 saturated heterocycles. The molecule has 0 radical (unpaired) electrons. The number of amides is 3. The summed E-state index contributed by atoms with van der Waals surface area (Å²) in [6, 6.07) is 26.3. The molecular weight excluding hydrogens is 492 g/mol. The lowest BCUT2D eigenvalue weighted by atomic mass is 9.89. The SMILES string of the molecule is COCC(Cc1c[nH]c2ccccc12)(NC(=O)NCc1cc2ccccc2o1)C(=O)NC(C)c1ccccc1. The molecule has 2 atom stereocenters. The van der Waals surface area contributed by atoms with Gasteiger partial charge in [-0.2, -0.15) is 0 Å². The fourth-order valence-electron chi connectivity index (χ4n) is 4.90. The third kappa shape index (κ3) is 5.81. The molecule has 0 bridgehead atoms. The number of hydrogen-bond acceptors (Lipinski definition) is 4. The van der Waals surface area contributed by atoms with Crippen molar-refractivity contribution in [2.75, 3.05) is 13.7 Å². The first kappa shape index (κ1) is 26.1. The van der Waals surface area contributed by atoms with Crippen LogP contribution in [-0.4, -0.2) is 36.2 Å². The van der Waals surface area contributed by atoms with Gasteiger partial charge in [0.1, 0.15) is 16.9 Å². The first-order valence-electron chi connectivity index (χ1n) is 12.9. The van der Waals surface area contributed by atoms with Crippen molar-refractivity contribution in [3.05, 3.63) is 108 Å². The number of para-hydroxylation sites is 2. The van der Waals surface area contributed by atoms with Crippen LogP contribution in [-0.2, 0) is 22.5 Å². The molecule has 39 heavy (non-hydrogen) atoms. The number of methoxy groups -OCH3 is 1. The van der Waals surface area contributed by atoms with Gasteiger partial charge >= 0.3 is 6.03 Å². The monoisotopic (exact) mass is 524 g/mol. The summed E-state index contributed by atoms with van der Waals surface area (Å²) in [4.78, 5) is 30.5. The molecule has 3 aromatic carbocycles. The Balaban J connectivity index is 1.40. The van der Waals surface area contributed by atoms with E-state index in [0.717, 1.165) is 33.0 Å². The van der Waals surface area contributed by atoms with Crippen molar-refractivity contribution in [1.82, 2.24) is 20.9 Å². The van der Waals surface area contributed by atoms with E-state index in [4.69, 9.17) is 9.15 Å². The predicted octanol–water partition coefficient (Wildman–Crippen LogP) is 5.22. The van der Waals surface area contributed by atoms with Crippen LogP contribution >= 0.6 is 0 Å². The Labute approximate surface area is 226 Å². The molecule has 200 valence electrons. The maximum absolute atomic E-state index is 14.0. The second-order valence-corrected chi connectivity index (χ2v) is 9.72. The molecule has 0 aliphatic rings. The van der Waals surface area contributed by atoms with E-state index in [1.54, 1.807) is 0 Å². The van der Waals surface area contributed by atoms with Crippen molar-refractivity contribution in [1.29, 1.82) is 0 Å². The van der Waals surface area contributed by atoms with E-state index in [2.05, 4.69) is 20.9 Å². The van der Waals surface area contributed by atoms with Crippen molar-refractivity contribution >= 4 is 33.8 Å². The van der Waals surface area contributed by atoms with Crippen LogP contribution in [0.5, 0.6) is 0 Å². The number of benzene rings is 3. The summed E-state index contributed by atoms with van der Waals surface area (Å²) in [6.07, 6.45) is 2.09. The fourth-order valence-corrected chi connectivity index (χ4v) is 4.90. The first-order chi connectivity index (χ1) is 19.0. The summed E-state index contributed by atoms with van der Waals surface area (Å²) in [5.41, 5.74) is 2.16. The normalized spacial score (nSPS) is 13.6. The molecule has 2 unspecified atom stereocenters. The quantitative estimate of drug-likeness (QED) is 0.201. The summed E-state index contributed by atoms with van der Waals surface area (Å²) in [6.45, 7) is 2.05. The van der Waals surface area contributed by atoms with E-state index in [1.165, 1.54) is 7.11 Å². The molecular formula is C31H32N4O4. The number of carbonyl (C=O) groups is 2. The minimum absolute atomic E-state index is 0.0299. The van der Waals surface area contributed by atoms with Gasteiger partial charge in [-0.05, 0) is 36.2 Å². The second kappa shape index (κ2) is 11.4. The Kier molecular flexibility index (Phi) is 7.65. The molecule has 0 fully saturated rings. The summed E-state index contributed by atoms with van der Waals surface area (Å²) in [7, 11) is 1.52. The van der Waals surface area contributed by atoms with Gasteiger partial charge < -0.3 is 30.1 Å². The van der Waals surface area contributed by atoms with Crippen LogP contribution in [0.3, 0.4) is 0 Å². The van der Waals surface area contributed by atoms with Crippen LogP contribution in [0.2, 0.25) is 0 Å². The molecule has 0 aliphatic heterocycles. The van der Waals surface area contributed by atoms with Crippen molar-refractivity contribution in [3.63, 3.8) is 0 Å². The number of rotatable bonds is 10. The molecule has 5 rings (SSSR count). The van der Waals surface area contributed by atoms with E-state index in [9.17, 15) is 9.59 Å². The summed E-state index contributed by atoms with van der Waals surface area (Å²) in [5.74, 6) is 0.271. The maximum atomic E-state index is 14.0. The molecule has 0 spiro atoms. The second-order valence-electron chi connectivity index (χ2n) is 9.72. The van der Waals surface area contributed by atoms with Crippen molar-refractivity contribution in [3.8, 4) is 0 Å². The summed E-state index contributed by atoms with van der Waals surface area (Å²) in [5, 5.41) is 10.8. The average Bonchev–Trinajstić information content (AvgIpc) is 3.56. The number of H-pyrrole nitrogens is 1.